The molecule has 2 aromatic rings. The summed E-state index contributed by atoms with van der Waals surface area (Å²) < 4.78 is 45.0. The van der Waals surface area contributed by atoms with E-state index in [-0.39, 0.29) is 17.1 Å². The van der Waals surface area contributed by atoms with Gasteiger partial charge in [-0.1, -0.05) is 23.7 Å². The highest BCUT2D eigenvalue weighted by Gasteiger charge is 2.77. The molecule has 27 heavy (non-hydrogen) atoms. The Bertz CT molecular complexity index is 1030. The number of nitrogens with zero attached hydrogens (tertiary/aromatic N) is 1. The molecular weight excluding hydrogens is 393 g/mol. The Morgan fingerprint density at radius 2 is 1.96 bits per heavy atom. The van der Waals surface area contributed by atoms with Crippen molar-refractivity contribution in [3.63, 3.8) is 0 Å². The van der Waals surface area contributed by atoms with E-state index in [1.165, 1.54) is 42.5 Å². The smallest absolute Gasteiger partial charge is 0.328 e. The van der Waals surface area contributed by atoms with Gasteiger partial charge < -0.3 is 4.74 Å². The van der Waals surface area contributed by atoms with Gasteiger partial charge in [0.05, 0.1) is 17.6 Å². The molecule has 1 fully saturated rings. The average molecular weight is 408 g/mol. The first kappa shape index (κ1) is 19.3. The van der Waals surface area contributed by atoms with Gasteiger partial charge in [0.2, 0.25) is 0 Å². The minimum atomic E-state index is -4.08. The number of esters is 1. The molecule has 0 spiro atoms. The van der Waals surface area contributed by atoms with E-state index in [1.54, 1.807) is 6.92 Å². The fourth-order valence-electron chi connectivity index (χ4n) is 3.36. The molecule has 3 rings (SSSR count). The van der Waals surface area contributed by atoms with Gasteiger partial charge in [-0.15, -0.1) is 0 Å². The number of benzene rings is 2. The number of carbonyl (C=O) groups is 1. The Balaban J connectivity index is 2.14. The van der Waals surface area contributed by atoms with Gasteiger partial charge in [-0.05, 0) is 48.9 Å². The lowest BCUT2D eigenvalue weighted by Crippen LogP contribution is -2.25. The Morgan fingerprint density at radius 1 is 1.30 bits per heavy atom. The highest BCUT2D eigenvalue weighted by Crippen LogP contribution is 2.64. The third-order valence-corrected chi connectivity index (χ3v) is 7.11. The van der Waals surface area contributed by atoms with Crippen molar-refractivity contribution in [2.75, 3.05) is 6.61 Å². The average Bonchev–Trinajstić information content (AvgIpc) is 3.34. The van der Waals surface area contributed by atoms with Crippen molar-refractivity contribution in [3.05, 3.63) is 64.9 Å². The van der Waals surface area contributed by atoms with Crippen molar-refractivity contribution < 1.29 is 22.3 Å². The number of nitriles is 1. The molecule has 0 aromatic heterocycles. The second-order valence-corrected chi connectivity index (χ2v) is 8.66. The summed E-state index contributed by atoms with van der Waals surface area (Å²) >= 11 is 5.81. The molecule has 1 aliphatic carbocycles. The van der Waals surface area contributed by atoms with Crippen LogP contribution in [0.25, 0.3) is 0 Å². The van der Waals surface area contributed by atoms with Crippen molar-refractivity contribution in [3.8, 4) is 6.07 Å². The summed E-state index contributed by atoms with van der Waals surface area (Å²) in [5.41, 5.74) is -1.67. The van der Waals surface area contributed by atoms with Crippen molar-refractivity contribution in [2.45, 2.75) is 23.0 Å². The summed E-state index contributed by atoms with van der Waals surface area (Å²) in [5, 5.41) is 8.72. The zero-order valence-electron chi connectivity index (χ0n) is 14.2. The van der Waals surface area contributed by atoms with Crippen LogP contribution in [0.2, 0.25) is 5.02 Å². The van der Waals surface area contributed by atoms with Crippen LogP contribution >= 0.6 is 11.6 Å². The Morgan fingerprint density at radius 3 is 2.52 bits per heavy atom. The Kier molecular flexibility index (Phi) is 4.98. The van der Waals surface area contributed by atoms with Gasteiger partial charge >= 0.3 is 5.97 Å². The zero-order chi connectivity index (χ0) is 19.8. The van der Waals surface area contributed by atoms with Crippen molar-refractivity contribution >= 4 is 27.4 Å². The molecule has 0 radical (unpaired) electrons. The lowest BCUT2D eigenvalue weighted by atomic mass is 10.0. The number of sulfone groups is 1. The topological polar surface area (TPSA) is 84.2 Å². The Hall–Kier alpha value is -2.43. The standard InChI is InChI=1S/C19H15ClFNO4S/c1-2-26-18(23)19(11-22)16(12-4-3-5-14(21)10-12)17(19)27(24,25)15-8-6-13(20)7-9-15/h3-10,16-17H,2H2,1H3/t16-,17+,19+/m0/s1. The molecule has 0 unspecified atom stereocenters. The maximum atomic E-state index is 13.7. The largest absolute Gasteiger partial charge is 0.465 e. The van der Waals surface area contributed by atoms with Crippen LogP contribution in [0.3, 0.4) is 0 Å². The van der Waals surface area contributed by atoms with Gasteiger partial charge in [0.15, 0.2) is 15.3 Å². The molecule has 1 aliphatic rings. The van der Waals surface area contributed by atoms with Gasteiger partial charge in [0.25, 0.3) is 0 Å². The fourth-order valence-corrected chi connectivity index (χ4v) is 5.73. The van der Waals surface area contributed by atoms with Crippen LogP contribution in [0.4, 0.5) is 4.39 Å². The van der Waals surface area contributed by atoms with Gasteiger partial charge in [0.1, 0.15) is 11.1 Å². The molecule has 0 N–H and O–H groups in total. The van der Waals surface area contributed by atoms with Gasteiger partial charge in [0, 0.05) is 10.9 Å². The van der Waals surface area contributed by atoms with E-state index >= 15 is 0 Å². The van der Waals surface area contributed by atoms with Crippen LogP contribution in [0.1, 0.15) is 18.4 Å². The summed E-state index contributed by atoms with van der Waals surface area (Å²) in [6.45, 7) is 1.55. The third kappa shape index (κ3) is 3.09. The molecule has 0 aliphatic heterocycles. The van der Waals surface area contributed by atoms with Crippen molar-refractivity contribution in [2.24, 2.45) is 5.41 Å². The van der Waals surface area contributed by atoms with Crippen LogP contribution < -0.4 is 0 Å². The molecule has 3 atom stereocenters. The van der Waals surface area contributed by atoms with Crippen LogP contribution in [0.5, 0.6) is 0 Å². The Labute approximate surface area is 161 Å². The van der Waals surface area contributed by atoms with Crippen LogP contribution in [0, 0.1) is 22.6 Å². The first-order valence-corrected chi connectivity index (χ1v) is 10.0. The highest BCUT2D eigenvalue weighted by atomic mass is 35.5. The predicted molar refractivity (Wildman–Crippen MR) is 96.2 cm³/mol. The van der Waals surface area contributed by atoms with Gasteiger partial charge in [-0.25, -0.2) is 12.8 Å². The van der Waals surface area contributed by atoms with Crippen LogP contribution in [-0.2, 0) is 19.4 Å². The van der Waals surface area contributed by atoms with Crippen LogP contribution in [0.15, 0.2) is 53.4 Å². The SMILES string of the molecule is CCOC(=O)[C@@]1(C#N)[C@H](S(=O)(=O)c2ccc(Cl)cc2)[C@@H]1c1cccc(F)c1. The first-order valence-electron chi connectivity index (χ1n) is 8.12. The second-order valence-electron chi connectivity index (χ2n) is 6.15. The number of halogens is 2. The maximum Gasteiger partial charge on any atom is 0.328 e. The summed E-state index contributed by atoms with van der Waals surface area (Å²) in [5.74, 6) is -2.54. The molecule has 0 saturated heterocycles. The van der Waals surface area contributed by atoms with Crippen LogP contribution in [-0.4, -0.2) is 26.2 Å². The minimum absolute atomic E-state index is 0.00809. The molecule has 8 heteroatoms. The third-order valence-electron chi connectivity index (χ3n) is 4.62. The first-order chi connectivity index (χ1) is 12.8. The maximum absolute atomic E-state index is 13.7. The van der Waals surface area contributed by atoms with E-state index in [4.69, 9.17) is 16.3 Å². The minimum Gasteiger partial charge on any atom is -0.465 e. The number of carbonyl (C=O) groups excluding carboxylic acids is 1. The lowest BCUT2D eigenvalue weighted by molar-refractivity contribution is -0.147. The lowest BCUT2D eigenvalue weighted by Gasteiger charge is -2.09. The van der Waals surface area contributed by atoms with E-state index in [2.05, 4.69) is 0 Å². The number of ether oxygens (including phenoxy) is 1. The molecule has 0 bridgehead atoms. The summed E-state index contributed by atoms with van der Waals surface area (Å²) in [6, 6.07) is 12.5. The molecular formula is C19H15ClFNO4S. The summed E-state index contributed by atoms with van der Waals surface area (Å²) in [7, 11) is -4.08. The molecule has 140 valence electrons. The van der Waals surface area contributed by atoms with Crippen molar-refractivity contribution in [1.29, 1.82) is 5.26 Å². The number of rotatable bonds is 5. The predicted octanol–water partition coefficient (Wildman–Crippen LogP) is 3.49. The molecule has 0 amide bonds. The molecule has 5 nitrogen and oxygen atoms in total. The van der Waals surface area contributed by atoms with E-state index in [9.17, 15) is 22.9 Å². The van der Waals surface area contributed by atoms with E-state index < -0.39 is 38.2 Å². The molecule has 2 aromatic carbocycles. The normalized spacial score (nSPS) is 24.1. The van der Waals surface area contributed by atoms with Gasteiger partial charge in [-0.3, -0.25) is 4.79 Å². The fraction of sp³-hybridized carbons (Fsp3) is 0.263. The highest BCUT2D eigenvalue weighted by molar-refractivity contribution is 7.92. The van der Waals surface area contributed by atoms with E-state index in [1.807, 2.05) is 6.07 Å². The quantitative estimate of drug-likeness (QED) is 0.708. The van der Waals surface area contributed by atoms with E-state index in [0.29, 0.717) is 5.02 Å². The molecule has 0 heterocycles. The summed E-state index contributed by atoms with van der Waals surface area (Å²) in [4.78, 5) is 12.5. The molecule has 1 saturated carbocycles. The van der Waals surface area contributed by atoms with Gasteiger partial charge in [-0.2, -0.15) is 5.26 Å². The van der Waals surface area contributed by atoms with Crippen molar-refractivity contribution in [1.82, 2.24) is 0 Å². The second kappa shape index (κ2) is 6.95. The number of hydrogen-bond acceptors (Lipinski definition) is 5. The summed E-state index contributed by atoms with van der Waals surface area (Å²) in [6.07, 6.45) is 0. The number of hydrogen-bond donors (Lipinski definition) is 0. The van der Waals surface area contributed by atoms with E-state index in [0.717, 1.165) is 6.07 Å². The monoisotopic (exact) mass is 407 g/mol. The zero-order valence-corrected chi connectivity index (χ0v) is 15.8.